The molecule has 0 bridgehead atoms. The van der Waals surface area contributed by atoms with E-state index in [1.54, 1.807) is 26.2 Å². The van der Waals surface area contributed by atoms with Crippen LogP contribution < -0.4 is 15.8 Å². The molecule has 0 saturated heterocycles. The number of hydrogen-bond donors (Lipinski definition) is 2. The number of ether oxygens (including phenoxy) is 2. The molecule has 0 aliphatic rings. The molecule has 0 radical (unpaired) electrons. The molecule has 5 nitrogen and oxygen atoms in total. The molecule has 1 aromatic rings. The number of carbonyl (C=O) groups excluding carboxylic acids is 1. The minimum Gasteiger partial charge on any atom is -0.478 e. The van der Waals surface area contributed by atoms with Gasteiger partial charge < -0.3 is 20.5 Å². The van der Waals surface area contributed by atoms with E-state index in [4.69, 9.17) is 15.2 Å². The number of rotatable bonds is 8. The minimum absolute atomic E-state index is 0.0901. The normalized spacial score (nSPS) is 12.0. The zero-order chi connectivity index (χ0) is 15.0. The third-order valence-corrected chi connectivity index (χ3v) is 2.73. The Morgan fingerprint density at radius 2 is 2.25 bits per heavy atom. The van der Waals surface area contributed by atoms with E-state index in [9.17, 15) is 9.18 Å². The second-order valence-electron chi connectivity index (χ2n) is 4.31. The van der Waals surface area contributed by atoms with Crippen molar-refractivity contribution in [2.75, 3.05) is 26.8 Å². The van der Waals surface area contributed by atoms with Gasteiger partial charge in [-0.05, 0) is 31.5 Å². The number of benzene rings is 1. The zero-order valence-electron chi connectivity index (χ0n) is 11.8. The second kappa shape index (κ2) is 8.50. The van der Waals surface area contributed by atoms with Gasteiger partial charge in [0.1, 0.15) is 0 Å². The van der Waals surface area contributed by atoms with Gasteiger partial charge in [-0.2, -0.15) is 0 Å². The molecule has 6 heteroatoms. The maximum atomic E-state index is 13.8. The molecule has 0 spiro atoms. The number of nitrogens with two attached hydrogens (primary N) is 1. The van der Waals surface area contributed by atoms with Crippen LogP contribution in [0.3, 0.4) is 0 Å². The van der Waals surface area contributed by atoms with Gasteiger partial charge in [0.05, 0.1) is 6.61 Å². The lowest BCUT2D eigenvalue weighted by molar-refractivity contribution is -0.127. The SMILES string of the molecule is COCCNC(=O)C(C)Oc1c(F)cccc1CCN. The van der Waals surface area contributed by atoms with E-state index < -0.39 is 11.9 Å². The first-order valence-corrected chi connectivity index (χ1v) is 6.51. The number of para-hydroxylation sites is 1. The molecule has 1 atom stereocenters. The van der Waals surface area contributed by atoms with Gasteiger partial charge in [0, 0.05) is 13.7 Å². The van der Waals surface area contributed by atoms with Crippen molar-refractivity contribution in [3.63, 3.8) is 0 Å². The molecule has 3 N–H and O–H groups in total. The summed E-state index contributed by atoms with van der Waals surface area (Å²) >= 11 is 0. The molecular weight excluding hydrogens is 263 g/mol. The van der Waals surface area contributed by atoms with E-state index in [1.807, 2.05) is 0 Å². The van der Waals surface area contributed by atoms with Gasteiger partial charge in [0.25, 0.3) is 5.91 Å². The first-order valence-electron chi connectivity index (χ1n) is 6.51. The van der Waals surface area contributed by atoms with Crippen molar-refractivity contribution in [2.24, 2.45) is 5.73 Å². The number of amides is 1. The van der Waals surface area contributed by atoms with Gasteiger partial charge in [0.2, 0.25) is 0 Å². The predicted octanol–water partition coefficient (Wildman–Crippen LogP) is 0.857. The molecule has 20 heavy (non-hydrogen) atoms. The van der Waals surface area contributed by atoms with Crippen LogP contribution in [-0.4, -0.2) is 38.8 Å². The standard InChI is InChI=1S/C14H21FN2O3/c1-10(14(18)17-8-9-19-2)20-13-11(6-7-16)4-3-5-12(13)15/h3-5,10H,6-9,16H2,1-2H3,(H,17,18). The van der Waals surface area contributed by atoms with Gasteiger partial charge >= 0.3 is 0 Å². The molecule has 0 aliphatic heterocycles. The van der Waals surface area contributed by atoms with Crippen LogP contribution in [0, 0.1) is 5.82 Å². The minimum atomic E-state index is -0.791. The summed E-state index contributed by atoms with van der Waals surface area (Å²) in [5.41, 5.74) is 6.14. The van der Waals surface area contributed by atoms with Crippen molar-refractivity contribution >= 4 is 5.91 Å². The third kappa shape index (κ3) is 4.79. The summed E-state index contributed by atoms with van der Waals surface area (Å²) < 4.78 is 24.1. The topological polar surface area (TPSA) is 73.6 Å². The highest BCUT2D eigenvalue weighted by Gasteiger charge is 2.18. The highest BCUT2D eigenvalue weighted by Crippen LogP contribution is 2.24. The van der Waals surface area contributed by atoms with E-state index in [0.29, 0.717) is 31.7 Å². The first-order chi connectivity index (χ1) is 9.60. The van der Waals surface area contributed by atoms with E-state index >= 15 is 0 Å². The summed E-state index contributed by atoms with van der Waals surface area (Å²) in [4.78, 5) is 11.8. The van der Waals surface area contributed by atoms with Gasteiger partial charge in [-0.1, -0.05) is 12.1 Å². The van der Waals surface area contributed by atoms with Crippen LogP contribution in [-0.2, 0) is 16.0 Å². The molecule has 1 amide bonds. The van der Waals surface area contributed by atoms with Crippen LogP contribution in [0.25, 0.3) is 0 Å². The third-order valence-electron chi connectivity index (χ3n) is 2.73. The van der Waals surface area contributed by atoms with E-state index in [2.05, 4.69) is 5.32 Å². The van der Waals surface area contributed by atoms with Crippen LogP contribution in [0.1, 0.15) is 12.5 Å². The van der Waals surface area contributed by atoms with E-state index in [0.717, 1.165) is 0 Å². The van der Waals surface area contributed by atoms with E-state index in [1.165, 1.54) is 6.07 Å². The molecule has 1 aromatic carbocycles. The number of carbonyl (C=O) groups is 1. The Hall–Kier alpha value is -1.66. The van der Waals surface area contributed by atoms with Gasteiger partial charge in [0.15, 0.2) is 17.7 Å². The highest BCUT2D eigenvalue weighted by atomic mass is 19.1. The van der Waals surface area contributed by atoms with E-state index in [-0.39, 0.29) is 11.7 Å². The fraction of sp³-hybridized carbons (Fsp3) is 0.500. The van der Waals surface area contributed by atoms with Crippen molar-refractivity contribution in [3.8, 4) is 5.75 Å². The lowest BCUT2D eigenvalue weighted by Crippen LogP contribution is -2.38. The maximum Gasteiger partial charge on any atom is 0.260 e. The fourth-order valence-electron chi connectivity index (χ4n) is 1.69. The number of nitrogens with one attached hydrogen (secondary N) is 1. The Bertz CT molecular complexity index is 440. The zero-order valence-corrected chi connectivity index (χ0v) is 11.8. The van der Waals surface area contributed by atoms with Crippen LogP contribution in [0.2, 0.25) is 0 Å². The van der Waals surface area contributed by atoms with Crippen molar-refractivity contribution in [1.29, 1.82) is 0 Å². The Kier molecular flexibility index (Phi) is 6.97. The second-order valence-corrected chi connectivity index (χ2v) is 4.31. The van der Waals surface area contributed by atoms with Crippen molar-refractivity contribution in [1.82, 2.24) is 5.32 Å². The molecule has 0 saturated carbocycles. The Morgan fingerprint density at radius 1 is 1.50 bits per heavy atom. The summed E-state index contributed by atoms with van der Waals surface area (Å²) in [6.45, 7) is 2.75. The smallest absolute Gasteiger partial charge is 0.260 e. The fourth-order valence-corrected chi connectivity index (χ4v) is 1.69. The monoisotopic (exact) mass is 284 g/mol. The molecule has 0 aromatic heterocycles. The predicted molar refractivity (Wildman–Crippen MR) is 74.1 cm³/mol. The summed E-state index contributed by atoms with van der Waals surface area (Å²) in [5, 5.41) is 2.64. The van der Waals surface area contributed by atoms with Crippen LogP contribution in [0.5, 0.6) is 5.75 Å². The summed E-state index contributed by atoms with van der Waals surface area (Å²) in [5.74, 6) is -0.719. The lowest BCUT2D eigenvalue weighted by Gasteiger charge is -2.17. The maximum absolute atomic E-state index is 13.8. The molecule has 112 valence electrons. The van der Waals surface area contributed by atoms with Gasteiger partial charge in [-0.3, -0.25) is 4.79 Å². The Morgan fingerprint density at radius 3 is 2.90 bits per heavy atom. The highest BCUT2D eigenvalue weighted by molar-refractivity contribution is 5.80. The molecule has 1 rings (SSSR count). The summed E-state index contributed by atoms with van der Waals surface area (Å²) in [6, 6.07) is 4.63. The number of halogens is 1. The van der Waals surface area contributed by atoms with Crippen LogP contribution in [0.15, 0.2) is 18.2 Å². The molecule has 0 fully saturated rings. The van der Waals surface area contributed by atoms with Crippen LogP contribution in [0.4, 0.5) is 4.39 Å². The summed E-state index contributed by atoms with van der Waals surface area (Å²) in [7, 11) is 1.55. The quantitative estimate of drug-likeness (QED) is 0.694. The Labute approximate surface area is 118 Å². The van der Waals surface area contributed by atoms with Crippen molar-refractivity contribution < 1.29 is 18.7 Å². The van der Waals surface area contributed by atoms with Crippen LogP contribution >= 0.6 is 0 Å². The lowest BCUT2D eigenvalue weighted by atomic mass is 10.1. The largest absolute Gasteiger partial charge is 0.478 e. The number of hydrogen-bond acceptors (Lipinski definition) is 4. The molecule has 1 unspecified atom stereocenters. The first kappa shape index (κ1) is 16.4. The summed E-state index contributed by atoms with van der Waals surface area (Å²) in [6.07, 6.45) is -0.300. The average molecular weight is 284 g/mol. The average Bonchev–Trinajstić information content (AvgIpc) is 2.43. The Balaban J connectivity index is 2.69. The molecular formula is C14H21FN2O3. The molecule has 0 aliphatic carbocycles. The van der Waals surface area contributed by atoms with Gasteiger partial charge in [-0.15, -0.1) is 0 Å². The number of methoxy groups -OCH3 is 1. The van der Waals surface area contributed by atoms with Crippen molar-refractivity contribution in [2.45, 2.75) is 19.4 Å². The molecule has 0 heterocycles. The van der Waals surface area contributed by atoms with Gasteiger partial charge in [-0.25, -0.2) is 4.39 Å². The van der Waals surface area contributed by atoms with Crippen molar-refractivity contribution in [3.05, 3.63) is 29.6 Å².